The van der Waals surface area contributed by atoms with E-state index in [1.54, 1.807) is 0 Å². The number of amides is 2. The highest BCUT2D eigenvalue weighted by molar-refractivity contribution is 5.92. The Bertz CT molecular complexity index is 818. The van der Waals surface area contributed by atoms with Gasteiger partial charge in [-0.15, -0.1) is 0 Å². The highest BCUT2D eigenvalue weighted by atomic mass is 16.5. The van der Waals surface area contributed by atoms with E-state index in [2.05, 4.69) is 17.4 Å². The molecule has 7 heteroatoms. The highest BCUT2D eigenvalue weighted by Crippen LogP contribution is 2.15. The summed E-state index contributed by atoms with van der Waals surface area (Å²) in [6.45, 7) is 9.06. The molecule has 1 aromatic carbocycles. The van der Waals surface area contributed by atoms with E-state index in [0.29, 0.717) is 31.8 Å². The van der Waals surface area contributed by atoms with Gasteiger partial charge in [0.25, 0.3) is 5.91 Å². The number of rotatable bonds is 6. The Morgan fingerprint density at radius 3 is 2.57 bits per heavy atom. The van der Waals surface area contributed by atoms with Crippen molar-refractivity contribution in [3.63, 3.8) is 0 Å². The Morgan fingerprint density at radius 1 is 1.21 bits per heavy atom. The Balaban J connectivity index is 1.47. The smallest absolute Gasteiger partial charge is 0.279 e. The van der Waals surface area contributed by atoms with E-state index in [9.17, 15) is 9.59 Å². The number of benzene rings is 1. The second-order valence-corrected chi connectivity index (χ2v) is 7.35. The van der Waals surface area contributed by atoms with Gasteiger partial charge in [-0.1, -0.05) is 30.3 Å². The van der Waals surface area contributed by atoms with Gasteiger partial charge in [0.05, 0.1) is 38.3 Å². The third kappa shape index (κ3) is 4.78. The zero-order valence-electron chi connectivity index (χ0n) is 16.9. The van der Waals surface area contributed by atoms with Crippen molar-refractivity contribution >= 4 is 17.5 Å². The molecular formula is C21H29N4O3+. The molecule has 0 aliphatic carbocycles. The van der Waals surface area contributed by atoms with Gasteiger partial charge in [-0.2, -0.15) is 0 Å². The van der Waals surface area contributed by atoms with Crippen LogP contribution in [-0.4, -0.2) is 54.6 Å². The van der Waals surface area contributed by atoms with Crippen LogP contribution in [0.15, 0.2) is 28.8 Å². The average Bonchev–Trinajstić information content (AvgIpc) is 3.01. The van der Waals surface area contributed by atoms with Crippen molar-refractivity contribution in [3.05, 3.63) is 46.8 Å². The average molecular weight is 385 g/mol. The molecule has 1 aromatic heterocycles. The van der Waals surface area contributed by atoms with Gasteiger partial charge < -0.3 is 19.6 Å². The SMILES string of the molecule is CCc1ccccc1NC(=O)C[NH+]1CCN(C(=O)Cc2c(C)noc2C)CC1. The lowest BCUT2D eigenvalue weighted by Crippen LogP contribution is -3.15. The van der Waals surface area contributed by atoms with Crippen LogP contribution < -0.4 is 10.2 Å². The summed E-state index contributed by atoms with van der Waals surface area (Å²) in [6, 6.07) is 7.90. The number of aromatic nitrogens is 1. The predicted molar refractivity (Wildman–Crippen MR) is 106 cm³/mol. The van der Waals surface area contributed by atoms with Crippen LogP contribution in [0.4, 0.5) is 5.69 Å². The Morgan fingerprint density at radius 2 is 1.93 bits per heavy atom. The fourth-order valence-electron chi connectivity index (χ4n) is 3.64. The Hall–Kier alpha value is -2.67. The van der Waals surface area contributed by atoms with Gasteiger partial charge in [0.1, 0.15) is 5.76 Å². The zero-order valence-corrected chi connectivity index (χ0v) is 16.9. The molecule has 2 aromatic rings. The number of para-hydroxylation sites is 1. The van der Waals surface area contributed by atoms with E-state index in [0.717, 1.165) is 42.0 Å². The third-order valence-electron chi connectivity index (χ3n) is 5.42. The van der Waals surface area contributed by atoms with Gasteiger partial charge in [0, 0.05) is 11.3 Å². The third-order valence-corrected chi connectivity index (χ3v) is 5.42. The highest BCUT2D eigenvalue weighted by Gasteiger charge is 2.26. The molecule has 1 aliphatic rings. The summed E-state index contributed by atoms with van der Waals surface area (Å²) in [5.74, 6) is 0.820. The molecule has 0 radical (unpaired) electrons. The molecule has 3 rings (SSSR count). The summed E-state index contributed by atoms with van der Waals surface area (Å²) in [5, 5.41) is 6.94. The maximum absolute atomic E-state index is 12.6. The van der Waals surface area contributed by atoms with E-state index < -0.39 is 0 Å². The Kier molecular flexibility index (Phi) is 6.46. The van der Waals surface area contributed by atoms with Crippen molar-refractivity contribution in [1.82, 2.24) is 10.1 Å². The maximum atomic E-state index is 12.6. The molecule has 1 aliphatic heterocycles. The van der Waals surface area contributed by atoms with Crippen molar-refractivity contribution < 1.29 is 19.0 Å². The van der Waals surface area contributed by atoms with Gasteiger partial charge in [-0.3, -0.25) is 9.59 Å². The number of aryl methyl sites for hydroxylation is 3. The summed E-state index contributed by atoms with van der Waals surface area (Å²) < 4.78 is 5.14. The topological polar surface area (TPSA) is 79.9 Å². The van der Waals surface area contributed by atoms with Crippen molar-refractivity contribution in [2.45, 2.75) is 33.6 Å². The maximum Gasteiger partial charge on any atom is 0.279 e. The molecule has 1 saturated heterocycles. The van der Waals surface area contributed by atoms with Crippen LogP contribution in [0.25, 0.3) is 0 Å². The number of carbonyl (C=O) groups excluding carboxylic acids is 2. The fourth-order valence-corrected chi connectivity index (χ4v) is 3.64. The van der Waals surface area contributed by atoms with E-state index >= 15 is 0 Å². The van der Waals surface area contributed by atoms with E-state index in [-0.39, 0.29) is 11.8 Å². The number of carbonyl (C=O) groups is 2. The molecule has 0 unspecified atom stereocenters. The number of nitrogens with zero attached hydrogens (tertiary/aromatic N) is 2. The molecule has 7 nitrogen and oxygen atoms in total. The first kappa shape index (κ1) is 20.1. The molecule has 2 heterocycles. The normalized spacial score (nSPS) is 14.9. The van der Waals surface area contributed by atoms with Crippen LogP contribution >= 0.6 is 0 Å². The van der Waals surface area contributed by atoms with E-state index in [4.69, 9.17) is 4.52 Å². The predicted octanol–water partition coefficient (Wildman–Crippen LogP) is 0.762. The first-order chi connectivity index (χ1) is 13.5. The summed E-state index contributed by atoms with van der Waals surface area (Å²) >= 11 is 0. The molecule has 2 amide bonds. The van der Waals surface area contributed by atoms with Crippen molar-refractivity contribution in [2.24, 2.45) is 0 Å². The number of hydrogen-bond donors (Lipinski definition) is 2. The van der Waals surface area contributed by atoms with E-state index in [1.807, 2.05) is 43.0 Å². The number of nitrogens with one attached hydrogen (secondary N) is 2. The van der Waals surface area contributed by atoms with Gasteiger partial charge in [-0.25, -0.2) is 0 Å². The lowest BCUT2D eigenvalue weighted by molar-refractivity contribution is -0.895. The molecular weight excluding hydrogens is 356 g/mol. The first-order valence-corrected chi connectivity index (χ1v) is 9.88. The number of anilines is 1. The second kappa shape index (κ2) is 9.01. The molecule has 28 heavy (non-hydrogen) atoms. The van der Waals surface area contributed by atoms with Crippen molar-refractivity contribution in [3.8, 4) is 0 Å². The number of piperazine rings is 1. The lowest BCUT2D eigenvalue weighted by atomic mass is 10.1. The molecule has 0 spiro atoms. The van der Waals surface area contributed by atoms with Gasteiger partial charge >= 0.3 is 0 Å². The van der Waals surface area contributed by atoms with Crippen LogP contribution in [0.2, 0.25) is 0 Å². The largest absolute Gasteiger partial charge is 0.361 e. The molecule has 0 saturated carbocycles. The summed E-state index contributed by atoms with van der Waals surface area (Å²) in [5.41, 5.74) is 3.69. The van der Waals surface area contributed by atoms with Crippen LogP contribution in [0, 0.1) is 13.8 Å². The van der Waals surface area contributed by atoms with Gasteiger partial charge in [-0.05, 0) is 31.9 Å². The Labute approximate surface area is 165 Å². The van der Waals surface area contributed by atoms with Crippen LogP contribution in [0.1, 0.15) is 29.5 Å². The van der Waals surface area contributed by atoms with Crippen LogP contribution in [-0.2, 0) is 22.4 Å². The standard InChI is InChI=1S/C21H28N4O3/c1-4-17-7-5-6-8-19(17)22-20(26)14-24-9-11-25(12-10-24)21(27)13-18-15(2)23-28-16(18)3/h5-8H,4,9-14H2,1-3H3,(H,22,26)/p+1. The summed E-state index contributed by atoms with van der Waals surface area (Å²) in [7, 11) is 0. The fraction of sp³-hybridized carbons (Fsp3) is 0.476. The summed E-state index contributed by atoms with van der Waals surface area (Å²) in [4.78, 5) is 28.1. The lowest BCUT2D eigenvalue weighted by Gasteiger charge is -2.32. The molecule has 1 fully saturated rings. The minimum absolute atomic E-state index is 0.0198. The number of hydrogen-bond acceptors (Lipinski definition) is 4. The molecule has 0 atom stereocenters. The monoisotopic (exact) mass is 385 g/mol. The first-order valence-electron chi connectivity index (χ1n) is 9.88. The summed E-state index contributed by atoms with van der Waals surface area (Å²) in [6.07, 6.45) is 1.21. The van der Waals surface area contributed by atoms with Crippen molar-refractivity contribution in [1.29, 1.82) is 0 Å². The van der Waals surface area contributed by atoms with Gasteiger partial charge in [0.2, 0.25) is 5.91 Å². The minimum Gasteiger partial charge on any atom is -0.361 e. The van der Waals surface area contributed by atoms with Gasteiger partial charge in [0.15, 0.2) is 6.54 Å². The molecule has 0 bridgehead atoms. The minimum atomic E-state index is 0.0198. The molecule has 2 N–H and O–H groups in total. The van der Waals surface area contributed by atoms with Crippen molar-refractivity contribution in [2.75, 3.05) is 38.0 Å². The molecule has 150 valence electrons. The van der Waals surface area contributed by atoms with E-state index in [1.165, 1.54) is 4.90 Å². The second-order valence-electron chi connectivity index (χ2n) is 7.35. The number of quaternary nitrogens is 1. The quantitative estimate of drug-likeness (QED) is 0.770. The zero-order chi connectivity index (χ0) is 20.1. The van der Waals surface area contributed by atoms with Crippen LogP contribution in [0.3, 0.4) is 0 Å². The van der Waals surface area contributed by atoms with Crippen LogP contribution in [0.5, 0.6) is 0 Å².